The van der Waals surface area contributed by atoms with Crippen LogP contribution in [-0.4, -0.2) is 28.8 Å². The summed E-state index contributed by atoms with van der Waals surface area (Å²) in [6.07, 6.45) is 1.64. The molecule has 3 rings (SSSR count). The first-order chi connectivity index (χ1) is 13.0. The molecule has 0 atom stereocenters. The van der Waals surface area contributed by atoms with Gasteiger partial charge in [0, 0.05) is 0 Å². The van der Waals surface area contributed by atoms with Crippen molar-refractivity contribution in [3.05, 3.63) is 64.1 Å². The SMILES string of the molecule is CCOc1ccc(/C=C2\SC(=Nc3ccc(C)cc3)NC2=O)cc1C(=O)O. The molecule has 7 heteroatoms. The van der Waals surface area contributed by atoms with E-state index < -0.39 is 5.97 Å². The topological polar surface area (TPSA) is 88.0 Å². The van der Waals surface area contributed by atoms with Crippen LogP contribution < -0.4 is 10.1 Å². The third kappa shape index (κ3) is 4.57. The highest BCUT2D eigenvalue weighted by Gasteiger charge is 2.24. The van der Waals surface area contributed by atoms with Crippen LogP contribution in [0.5, 0.6) is 5.75 Å². The normalized spacial score (nSPS) is 16.6. The van der Waals surface area contributed by atoms with Crippen LogP contribution in [0.25, 0.3) is 6.08 Å². The molecule has 0 spiro atoms. The summed E-state index contributed by atoms with van der Waals surface area (Å²) in [7, 11) is 0. The Balaban J connectivity index is 1.85. The molecule has 1 saturated heterocycles. The van der Waals surface area contributed by atoms with Gasteiger partial charge in [0.1, 0.15) is 11.3 Å². The first-order valence-corrected chi connectivity index (χ1v) is 9.14. The predicted molar refractivity (Wildman–Crippen MR) is 107 cm³/mol. The number of carboxylic acids is 1. The molecule has 0 unspecified atom stereocenters. The molecule has 1 amide bonds. The Bertz CT molecular complexity index is 949. The summed E-state index contributed by atoms with van der Waals surface area (Å²) in [5, 5.41) is 12.6. The molecular formula is C20H18N2O4S. The summed E-state index contributed by atoms with van der Waals surface area (Å²) in [4.78, 5) is 28.5. The molecule has 1 heterocycles. The second kappa shape index (κ2) is 8.09. The summed E-state index contributed by atoms with van der Waals surface area (Å²) in [6.45, 7) is 4.15. The largest absolute Gasteiger partial charge is 0.493 e. The first kappa shape index (κ1) is 18.7. The Labute approximate surface area is 161 Å². The highest BCUT2D eigenvalue weighted by Crippen LogP contribution is 2.29. The minimum absolute atomic E-state index is 0.0585. The molecule has 1 fully saturated rings. The van der Waals surface area contributed by atoms with E-state index in [0.717, 1.165) is 11.3 Å². The third-order valence-electron chi connectivity index (χ3n) is 3.75. The van der Waals surface area contributed by atoms with Crippen molar-refractivity contribution in [2.75, 3.05) is 6.61 Å². The van der Waals surface area contributed by atoms with E-state index in [1.54, 1.807) is 25.1 Å². The van der Waals surface area contributed by atoms with Crippen molar-refractivity contribution in [3.8, 4) is 5.75 Å². The number of aliphatic imine (C=N–C) groups is 1. The number of benzene rings is 2. The van der Waals surface area contributed by atoms with Crippen molar-refractivity contribution in [2.45, 2.75) is 13.8 Å². The number of carboxylic acid groups (broad SMARTS) is 1. The maximum Gasteiger partial charge on any atom is 0.339 e. The van der Waals surface area contributed by atoms with E-state index in [1.165, 1.54) is 17.8 Å². The fraction of sp³-hybridized carbons (Fsp3) is 0.150. The molecule has 1 aliphatic heterocycles. The average molecular weight is 382 g/mol. The molecule has 27 heavy (non-hydrogen) atoms. The second-order valence-corrected chi connectivity index (χ2v) is 6.84. The molecule has 0 bridgehead atoms. The van der Waals surface area contributed by atoms with Gasteiger partial charge >= 0.3 is 5.97 Å². The van der Waals surface area contributed by atoms with Crippen LogP contribution in [-0.2, 0) is 4.79 Å². The summed E-state index contributed by atoms with van der Waals surface area (Å²) in [6, 6.07) is 12.5. The standard InChI is InChI=1S/C20H18N2O4S/c1-3-26-16-9-6-13(10-15(16)19(24)25)11-17-18(23)22-20(27-17)21-14-7-4-12(2)5-8-14/h4-11H,3H2,1-2H3,(H,24,25)(H,21,22,23)/b17-11-. The van der Waals surface area contributed by atoms with Crippen LogP contribution >= 0.6 is 11.8 Å². The Morgan fingerprint density at radius 2 is 2.00 bits per heavy atom. The molecule has 2 N–H and O–H groups in total. The van der Waals surface area contributed by atoms with Gasteiger partial charge in [0.25, 0.3) is 5.91 Å². The van der Waals surface area contributed by atoms with Gasteiger partial charge in [-0.05, 0) is 61.5 Å². The lowest BCUT2D eigenvalue weighted by Crippen LogP contribution is -2.19. The molecular weight excluding hydrogens is 364 g/mol. The van der Waals surface area contributed by atoms with Gasteiger partial charge < -0.3 is 15.2 Å². The van der Waals surface area contributed by atoms with E-state index in [9.17, 15) is 14.7 Å². The number of hydrogen-bond acceptors (Lipinski definition) is 5. The maximum atomic E-state index is 12.2. The van der Waals surface area contributed by atoms with Crippen LogP contribution in [0.2, 0.25) is 0 Å². The van der Waals surface area contributed by atoms with Gasteiger partial charge in [0.2, 0.25) is 0 Å². The van der Waals surface area contributed by atoms with Crippen molar-refractivity contribution in [2.24, 2.45) is 4.99 Å². The van der Waals surface area contributed by atoms with Crippen molar-refractivity contribution in [1.82, 2.24) is 5.32 Å². The number of nitrogens with one attached hydrogen (secondary N) is 1. The zero-order valence-electron chi connectivity index (χ0n) is 14.9. The van der Waals surface area contributed by atoms with E-state index in [4.69, 9.17) is 4.74 Å². The highest BCUT2D eigenvalue weighted by molar-refractivity contribution is 8.18. The number of amidine groups is 1. The van der Waals surface area contributed by atoms with E-state index in [0.29, 0.717) is 28.0 Å². The van der Waals surface area contributed by atoms with E-state index in [-0.39, 0.29) is 11.5 Å². The lowest BCUT2D eigenvalue weighted by atomic mass is 10.1. The summed E-state index contributed by atoms with van der Waals surface area (Å²) < 4.78 is 5.33. The smallest absolute Gasteiger partial charge is 0.339 e. The lowest BCUT2D eigenvalue weighted by molar-refractivity contribution is -0.115. The molecule has 6 nitrogen and oxygen atoms in total. The van der Waals surface area contributed by atoms with Gasteiger partial charge in [-0.25, -0.2) is 9.79 Å². The number of aryl methyl sites for hydroxylation is 1. The minimum Gasteiger partial charge on any atom is -0.493 e. The molecule has 1 aliphatic rings. The fourth-order valence-corrected chi connectivity index (χ4v) is 3.30. The summed E-state index contributed by atoms with van der Waals surface area (Å²) >= 11 is 1.21. The van der Waals surface area contributed by atoms with Gasteiger partial charge in [-0.1, -0.05) is 23.8 Å². The number of thioether (sulfide) groups is 1. The molecule has 0 saturated carbocycles. The number of carbonyl (C=O) groups excluding carboxylic acids is 1. The Hall–Kier alpha value is -3.06. The number of amides is 1. The Morgan fingerprint density at radius 3 is 2.67 bits per heavy atom. The highest BCUT2D eigenvalue weighted by atomic mass is 32.2. The number of ether oxygens (including phenoxy) is 1. The summed E-state index contributed by atoms with van der Waals surface area (Å²) in [5.41, 5.74) is 2.54. The molecule has 0 aromatic heterocycles. The van der Waals surface area contributed by atoms with Crippen molar-refractivity contribution in [3.63, 3.8) is 0 Å². The van der Waals surface area contributed by atoms with Gasteiger partial charge in [-0.3, -0.25) is 4.79 Å². The van der Waals surface area contributed by atoms with Crippen molar-refractivity contribution >= 4 is 40.6 Å². The van der Waals surface area contributed by atoms with Crippen LogP contribution in [0.4, 0.5) is 5.69 Å². The number of nitrogens with zero attached hydrogens (tertiary/aromatic N) is 1. The number of hydrogen-bond donors (Lipinski definition) is 2. The molecule has 2 aromatic carbocycles. The van der Waals surface area contributed by atoms with Gasteiger partial charge in [0.05, 0.1) is 17.2 Å². The minimum atomic E-state index is -1.08. The molecule has 138 valence electrons. The second-order valence-electron chi connectivity index (χ2n) is 5.81. The maximum absolute atomic E-state index is 12.2. The van der Waals surface area contributed by atoms with Crippen LogP contribution in [0.1, 0.15) is 28.4 Å². The van der Waals surface area contributed by atoms with Crippen LogP contribution in [0, 0.1) is 6.92 Å². The van der Waals surface area contributed by atoms with E-state index in [2.05, 4.69) is 10.3 Å². The molecule has 0 aliphatic carbocycles. The number of aromatic carboxylic acids is 1. The van der Waals surface area contributed by atoms with E-state index in [1.807, 2.05) is 31.2 Å². The fourth-order valence-electron chi connectivity index (χ4n) is 2.45. The van der Waals surface area contributed by atoms with Crippen molar-refractivity contribution in [1.29, 1.82) is 0 Å². The Kier molecular flexibility index (Phi) is 5.61. The van der Waals surface area contributed by atoms with Crippen LogP contribution in [0.15, 0.2) is 52.4 Å². The monoisotopic (exact) mass is 382 g/mol. The zero-order valence-corrected chi connectivity index (χ0v) is 15.7. The lowest BCUT2D eigenvalue weighted by Gasteiger charge is -2.07. The Morgan fingerprint density at radius 1 is 1.26 bits per heavy atom. The van der Waals surface area contributed by atoms with Gasteiger partial charge in [-0.15, -0.1) is 0 Å². The van der Waals surface area contributed by atoms with E-state index >= 15 is 0 Å². The summed E-state index contributed by atoms with van der Waals surface area (Å²) in [5.74, 6) is -1.04. The third-order valence-corrected chi connectivity index (χ3v) is 4.66. The first-order valence-electron chi connectivity index (χ1n) is 8.32. The predicted octanol–water partition coefficient (Wildman–Crippen LogP) is 3.98. The van der Waals surface area contributed by atoms with Gasteiger partial charge in [0.15, 0.2) is 5.17 Å². The average Bonchev–Trinajstić information content (AvgIpc) is 2.97. The van der Waals surface area contributed by atoms with Crippen LogP contribution in [0.3, 0.4) is 0 Å². The van der Waals surface area contributed by atoms with Crippen molar-refractivity contribution < 1.29 is 19.4 Å². The number of carbonyl (C=O) groups is 2. The quantitative estimate of drug-likeness (QED) is 0.764. The van der Waals surface area contributed by atoms with Gasteiger partial charge in [-0.2, -0.15) is 0 Å². The molecule has 2 aromatic rings. The zero-order chi connectivity index (χ0) is 19.4. The molecule has 0 radical (unpaired) electrons. The number of rotatable bonds is 5.